The summed E-state index contributed by atoms with van der Waals surface area (Å²) in [4.78, 5) is 20.7. The van der Waals surface area contributed by atoms with E-state index in [0.717, 1.165) is 19.1 Å². The molecule has 0 amide bonds. The second-order valence-electron chi connectivity index (χ2n) is 2.93. The summed E-state index contributed by atoms with van der Waals surface area (Å²) in [5.74, 6) is -1.24. The van der Waals surface area contributed by atoms with Gasteiger partial charge in [-0.05, 0) is 19.9 Å². The maximum Gasteiger partial charge on any atom is 0.273 e. The molecule has 0 bridgehead atoms. The molecular weight excluding hydrogens is 189 g/mol. The van der Waals surface area contributed by atoms with Gasteiger partial charge < -0.3 is 0 Å². The summed E-state index contributed by atoms with van der Waals surface area (Å²) in [6, 6.07) is 1.96. The van der Waals surface area contributed by atoms with E-state index in [4.69, 9.17) is 0 Å². The minimum atomic E-state index is -0.722. The van der Waals surface area contributed by atoms with Crippen molar-refractivity contribution < 1.29 is 14.1 Å². The second-order valence-corrected chi connectivity index (χ2v) is 2.93. The van der Waals surface area contributed by atoms with Crippen LogP contribution >= 0.6 is 0 Å². The number of halogens is 1. The van der Waals surface area contributed by atoms with Crippen LogP contribution < -0.4 is 0 Å². The number of aryl methyl sites for hydroxylation is 1. The van der Waals surface area contributed by atoms with Crippen molar-refractivity contribution in [1.82, 2.24) is 0 Å². The predicted octanol–water partition coefficient (Wildman–Crippen LogP) is 2.24. The van der Waals surface area contributed by atoms with Crippen LogP contribution in [0.5, 0.6) is 0 Å². The lowest BCUT2D eigenvalue weighted by atomic mass is 10.1. The molecule has 1 aromatic carbocycles. The Balaban J connectivity index is 3.42. The Kier molecular flexibility index (Phi) is 2.60. The highest BCUT2D eigenvalue weighted by Gasteiger charge is 2.17. The normalized spacial score (nSPS) is 9.93. The van der Waals surface area contributed by atoms with E-state index in [1.165, 1.54) is 6.92 Å². The largest absolute Gasteiger partial charge is 0.294 e. The summed E-state index contributed by atoms with van der Waals surface area (Å²) in [5.41, 5.74) is -0.281. The van der Waals surface area contributed by atoms with Crippen LogP contribution in [-0.2, 0) is 0 Å². The molecule has 0 saturated heterocycles. The van der Waals surface area contributed by atoms with Gasteiger partial charge in [-0.1, -0.05) is 0 Å². The van der Waals surface area contributed by atoms with E-state index in [1.54, 1.807) is 0 Å². The van der Waals surface area contributed by atoms with Crippen molar-refractivity contribution in [1.29, 1.82) is 0 Å². The van der Waals surface area contributed by atoms with Gasteiger partial charge in [0.25, 0.3) is 5.69 Å². The molecule has 0 aliphatic carbocycles. The lowest BCUT2D eigenvalue weighted by Gasteiger charge is -2.01. The summed E-state index contributed by atoms with van der Waals surface area (Å²) < 4.78 is 13.1. The Morgan fingerprint density at radius 3 is 2.50 bits per heavy atom. The molecule has 4 nitrogen and oxygen atoms in total. The number of ketones is 1. The van der Waals surface area contributed by atoms with Gasteiger partial charge in [-0.2, -0.15) is 0 Å². The molecule has 0 fully saturated rings. The lowest BCUT2D eigenvalue weighted by Crippen LogP contribution is -2.01. The van der Waals surface area contributed by atoms with Crippen molar-refractivity contribution in [2.45, 2.75) is 13.8 Å². The molecule has 0 unspecified atom stereocenters. The predicted molar refractivity (Wildman–Crippen MR) is 47.8 cm³/mol. The fourth-order valence-corrected chi connectivity index (χ4v) is 1.13. The number of Topliss-reactive ketones (excluding diaryl/α,β-unsaturated/α-hetero) is 1. The Labute approximate surface area is 79.5 Å². The maximum atomic E-state index is 13.1. The molecule has 0 radical (unpaired) electrons. The van der Waals surface area contributed by atoms with Gasteiger partial charge in [-0.25, -0.2) is 4.39 Å². The number of benzene rings is 1. The molecule has 1 rings (SSSR count). The zero-order valence-electron chi connectivity index (χ0n) is 7.70. The first-order chi connectivity index (χ1) is 6.43. The quantitative estimate of drug-likeness (QED) is 0.415. The van der Waals surface area contributed by atoms with Crippen molar-refractivity contribution in [2.75, 3.05) is 0 Å². The van der Waals surface area contributed by atoms with Gasteiger partial charge in [0.1, 0.15) is 5.82 Å². The molecule has 0 aliphatic heterocycles. The summed E-state index contributed by atoms with van der Waals surface area (Å²) in [6.45, 7) is 2.59. The van der Waals surface area contributed by atoms with Crippen LogP contribution in [-0.4, -0.2) is 10.7 Å². The summed E-state index contributed by atoms with van der Waals surface area (Å²) >= 11 is 0. The third-order valence-corrected chi connectivity index (χ3v) is 1.86. The average molecular weight is 197 g/mol. The van der Waals surface area contributed by atoms with E-state index in [2.05, 4.69) is 0 Å². The highest BCUT2D eigenvalue weighted by Crippen LogP contribution is 2.22. The van der Waals surface area contributed by atoms with Crippen LogP contribution in [0.1, 0.15) is 22.8 Å². The highest BCUT2D eigenvalue weighted by atomic mass is 19.1. The standard InChI is InChI=1S/C9H8FNO3/c1-5-3-8(10)7(6(2)12)4-9(5)11(13)14/h3-4H,1-2H3. The van der Waals surface area contributed by atoms with Gasteiger partial charge in [0.15, 0.2) is 5.78 Å². The summed E-state index contributed by atoms with van der Waals surface area (Å²) in [5, 5.41) is 10.5. The van der Waals surface area contributed by atoms with Gasteiger partial charge in [0.2, 0.25) is 0 Å². The number of hydrogen-bond acceptors (Lipinski definition) is 3. The molecule has 74 valence electrons. The van der Waals surface area contributed by atoms with Crippen molar-refractivity contribution >= 4 is 11.5 Å². The van der Waals surface area contributed by atoms with Crippen LogP contribution in [0.25, 0.3) is 0 Å². The molecule has 0 saturated carbocycles. The van der Waals surface area contributed by atoms with Crippen LogP contribution in [0.15, 0.2) is 12.1 Å². The van der Waals surface area contributed by atoms with Crippen molar-refractivity contribution in [3.8, 4) is 0 Å². The molecule has 0 aliphatic rings. The molecule has 0 N–H and O–H groups in total. The zero-order chi connectivity index (χ0) is 10.9. The van der Waals surface area contributed by atoms with Gasteiger partial charge in [0, 0.05) is 11.6 Å². The number of nitro benzene ring substituents is 1. The van der Waals surface area contributed by atoms with Crippen LogP contribution in [0, 0.1) is 22.9 Å². The average Bonchev–Trinajstić information content (AvgIpc) is 2.02. The SMILES string of the molecule is CC(=O)c1cc([N+](=O)[O-])c(C)cc1F. The highest BCUT2D eigenvalue weighted by molar-refractivity contribution is 5.95. The van der Waals surface area contributed by atoms with Crippen molar-refractivity contribution in [3.05, 3.63) is 39.2 Å². The molecule has 14 heavy (non-hydrogen) atoms. The van der Waals surface area contributed by atoms with Gasteiger partial charge in [0.05, 0.1) is 10.5 Å². The first-order valence-electron chi connectivity index (χ1n) is 3.89. The Morgan fingerprint density at radius 2 is 2.07 bits per heavy atom. The lowest BCUT2D eigenvalue weighted by molar-refractivity contribution is -0.385. The summed E-state index contributed by atoms with van der Waals surface area (Å²) in [6.07, 6.45) is 0. The molecular formula is C9H8FNO3. The molecule has 0 heterocycles. The second kappa shape index (κ2) is 3.53. The number of carbonyl (C=O) groups excluding carboxylic acids is 1. The van der Waals surface area contributed by atoms with Crippen molar-refractivity contribution in [2.24, 2.45) is 0 Å². The van der Waals surface area contributed by atoms with E-state index in [9.17, 15) is 19.3 Å². The first kappa shape index (κ1) is 10.3. The monoisotopic (exact) mass is 197 g/mol. The Hall–Kier alpha value is -1.78. The molecule has 0 atom stereocenters. The fraction of sp³-hybridized carbons (Fsp3) is 0.222. The molecule has 1 aromatic rings. The van der Waals surface area contributed by atoms with Crippen LogP contribution in [0.4, 0.5) is 10.1 Å². The number of rotatable bonds is 2. The third-order valence-electron chi connectivity index (χ3n) is 1.86. The van der Waals surface area contributed by atoms with E-state index >= 15 is 0 Å². The van der Waals surface area contributed by atoms with Crippen LogP contribution in [0.3, 0.4) is 0 Å². The van der Waals surface area contributed by atoms with E-state index < -0.39 is 16.5 Å². The van der Waals surface area contributed by atoms with E-state index in [0.29, 0.717) is 0 Å². The number of nitro groups is 1. The Bertz CT molecular complexity index is 380. The number of nitrogens with zero attached hydrogens (tertiary/aromatic N) is 1. The third kappa shape index (κ3) is 1.76. The number of hydrogen-bond donors (Lipinski definition) is 0. The zero-order valence-corrected chi connectivity index (χ0v) is 7.70. The minimum absolute atomic E-state index is 0.206. The van der Waals surface area contributed by atoms with Crippen LogP contribution in [0.2, 0.25) is 0 Å². The van der Waals surface area contributed by atoms with E-state index in [1.807, 2.05) is 0 Å². The molecule has 0 spiro atoms. The molecule has 0 aromatic heterocycles. The van der Waals surface area contributed by atoms with Gasteiger partial charge >= 0.3 is 0 Å². The van der Waals surface area contributed by atoms with Gasteiger partial charge in [-0.15, -0.1) is 0 Å². The Morgan fingerprint density at radius 1 is 1.50 bits per heavy atom. The fourth-order valence-electron chi connectivity index (χ4n) is 1.13. The number of carbonyl (C=O) groups is 1. The van der Waals surface area contributed by atoms with Gasteiger partial charge in [-0.3, -0.25) is 14.9 Å². The minimum Gasteiger partial charge on any atom is -0.294 e. The van der Waals surface area contributed by atoms with Crippen molar-refractivity contribution in [3.63, 3.8) is 0 Å². The topological polar surface area (TPSA) is 60.2 Å². The van der Waals surface area contributed by atoms with E-state index in [-0.39, 0.29) is 16.8 Å². The first-order valence-corrected chi connectivity index (χ1v) is 3.89. The molecule has 5 heteroatoms. The summed E-state index contributed by atoms with van der Waals surface area (Å²) in [7, 11) is 0. The maximum absolute atomic E-state index is 13.1. The smallest absolute Gasteiger partial charge is 0.273 e.